The molecule has 0 saturated heterocycles. The monoisotopic (exact) mass is 218 g/mol. The minimum atomic E-state index is 0.434. The standard InChI is InChI=1S/C12H18N4/c1-3-10(2)16-12(5-7-15-16)14-9-11-4-6-13-8-11/h4-8,10,13-14H,3,9H2,1-2H3. The minimum absolute atomic E-state index is 0.434. The van der Waals surface area contributed by atoms with Gasteiger partial charge in [0.05, 0.1) is 12.2 Å². The van der Waals surface area contributed by atoms with Gasteiger partial charge in [0.2, 0.25) is 0 Å². The van der Waals surface area contributed by atoms with E-state index in [2.05, 4.69) is 35.3 Å². The van der Waals surface area contributed by atoms with Crippen LogP contribution in [0, 0.1) is 0 Å². The highest BCUT2D eigenvalue weighted by molar-refractivity contribution is 5.35. The van der Waals surface area contributed by atoms with Gasteiger partial charge < -0.3 is 10.3 Å². The summed E-state index contributed by atoms with van der Waals surface area (Å²) >= 11 is 0. The topological polar surface area (TPSA) is 45.6 Å². The summed E-state index contributed by atoms with van der Waals surface area (Å²) in [5.41, 5.74) is 1.25. The fraction of sp³-hybridized carbons (Fsp3) is 0.417. The number of hydrogen-bond acceptors (Lipinski definition) is 2. The van der Waals surface area contributed by atoms with Gasteiger partial charge in [-0.2, -0.15) is 5.10 Å². The van der Waals surface area contributed by atoms with Crippen LogP contribution in [0.5, 0.6) is 0 Å². The van der Waals surface area contributed by atoms with E-state index in [9.17, 15) is 0 Å². The molecular weight excluding hydrogens is 200 g/mol. The molecule has 0 amide bonds. The van der Waals surface area contributed by atoms with Crippen LogP contribution in [-0.4, -0.2) is 14.8 Å². The zero-order valence-corrected chi connectivity index (χ0v) is 9.77. The Balaban J connectivity index is 2.01. The van der Waals surface area contributed by atoms with E-state index in [1.165, 1.54) is 5.56 Å². The van der Waals surface area contributed by atoms with Crippen molar-refractivity contribution in [1.29, 1.82) is 0 Å². The van der Waals surface area contributed by atoms with Gasteiger partial charge in [0.25, 0.3) is 0 Å². The first kappa shape index (κ1) is 10.8. The third kappa shape index (κ3) is 2.27. The second kappa shape index (κ2) is 4.88. The van der Waals surface area contributed by atoms with Crippen LogP contribution < -0.4 is 5.32 Å². The van der Waals surface area contributed by atoms with Crippen molar-refractivity contribution >= 4 is 5.82 Å². The summed E-state index contributed by atoms with van der Waals surface area (Å²) in [5, 5.41) is 7.72. The number of hydrogen-bond donors (Lipinski definition) is 2. The van der Waals surface area contributed by atoms with Crippen molar-refractivity contribution in [2.24, 2.45) is 0 Å². The summed E-state index contributed by atoms with van der Waals surface area (Å²) in [6, 6.07) is 4.51. The minimum Gasteiger partial charge on any atom is -0.367 e. The van der Waals surface area contributed by atoms with E-state index in [-0.39, 0.29) is 0 Å². The quantitative estimate of drug-likeness (QED) is 0.810. The lowest BCUT2D eigenvalue weighted by Gasteiger charge is -2.14. The second-order valence-electron chi connectivity index (χ2n) is 3.99. The molecule has 4 nitrogen and oxygen atoms in total. The Morgan fingerprint density at radius 1 is 1.50 bits per heavy atom. The fourth-order valence-corrected chi connectivity index (χ4v) is 1.64. The molecule has 1 atom stereocenters. The Hall–Kier alpha value is -1.71. The number of aromatic nitrogens is 3. The van der Waals surface area contributed by atoms with Crippen molar-refractivity contribution < 1.29 is 0 Å². The van der Waals surface area contributed by atoms with Gasteiger partial charge in [0.1, 0.15) is 5.82 Å². The van der Waals surface area contributed by atoms with Crippen LogP contribution in [0.3, 0.4) is 0 Å². The number of aromatic amines is 1. The average molecular weight is 218 g/mol. The summed E-state index contributed by atoms with van der Waals surface area (Å²) < 4.78 is 2.03. The predicted octanol–water partition coefficient (Wildman–Crippen LogP) is 2.79. The first-order valence-electron chi connectivity index (χ1n) is 5.70. The predicted molar refractivity (Wildman–Crippen MR) is 65.3 cm³/mol. The summed E-state index contributed by atoms with van der Waals surface area (Å²) in [5.74, 6) is 1.08. The van der Waals surface area contributed by atoms with Crippen molar-refractivity contribution in [3.63, 3.8) is 0 Å². The van der Waals surface area contributed by atoms with Crippen molar-refractivity contribution in [2.45, 2.75) is 32.9 Å². The smallest absolute Gasteiger partial charge is 0.124 e. The van der Waals surface area contributed by atoms with Crippen LogP contribution in [0.1, 0.15) is 31.9 Å². The molecular formula is C12H18N4. The molecule has 0 saturated carbocycles. The van der Waals surface area contributed by atoms with Crippen molar-refractivity contribution in [3.05, 3.63) is 36.3 Å². The number of nitrogens with zero attached hydrogens (tertiary/aromatic N) is 2. The van der Waals surface area contributed by atoms with Gasteiger partial charge in [0, 0.05) is 25.0 Å². The van der Waals surface area contributed by atoms with Gasteiger partial charge in [-0.1, -0.05) is 6.92 Å². The van der Waals surface area contributed by atoms with Crippen LogP contribution in [0.4, 0.5) is 5.82 Å². The molecule has 2 aromatic heterocycles. The van der Waals surface area contributed by atoms with E-state index in [0.29, 0.717) is 6.04 Å². The molecule has 0 aromatic carbocycles. The SMILES string of the molecule is CCC(C)n1nccc1NCc1cc[nH]c1. The van der Waals surface area contributed by atoms with E-state index in [0.717, 1.165) is 18.8 Å². The Labute approximate surface area is 95.7 Å². The first-order valence-corrected chi connectivity index (χ1v) is 5.70. The number of H-pyrrole nitrogens is 1. The molecule has 0 bridgehead atoms. The van der Waals surface area contributed by atoms with Crippen LogP contribution in [0.2, 0.25) is 0 Å². The van der Waals surface area contributed by atoms with Crippen LogP contribution in [0.25, 0.3) is 0 Å². The lowest BCUT2D eigenvalue weighted by Crippen LogP contribution is -2.11. The Bertz CT molecular complexity index is 416. The van der Waals surface area contributed by atoms with Gasteiger partial charge >= 0.3 is 0 Å². The van der Waals surface area contributed by atoms with Gasteiger partial charge in [-0.15, -0.1) is 0 Å². The number of nitrogens with one attached hydrogen (secondary N) is 2. The molecule has 0 aliphatic carbocycles. The van der Waals surface area contributed by atoms with Crippen molar-refractivity contribution in [1.82, 2.24) is 14.8 Å². The van der Waals surface area contributed by atoms with E-state index >= 15 is 0 Å². The fourth-order valence-electron chi connectivity index (χ4n) is 1.64. The van der Waals surface area contributed by atoms with Gasteiger partial charge in [-0.05, 0) is 25.0 Å². The van der Waals surface area contributed by atoms with E-state index in [4.69, 9.17) is 0 Å². The highest BCUT2D eigenvalue weighted by atomic mass is 15.3. The van der Waals surface area contributed by atoms with Crippen molar-refractivity contribution in [2.75, 3.05) is 5.32 Å². The van der Waals surface area contributed by atoms with Crippen molar-refractivity contribution in [3.8, 4) is 0 Å². The summed E-state index contributed by atoms with van der Waals surface area (Å²) in [4.78, 5) is 3.05. The van der Waals surface area contributed by atoms with Crippen LogP contribution >= 0.6 is 0 Å². The molecule has 0 radical (unpaired) electrons. The van der Waals surface area contributed by atoms with Gasteiger partial charge in [0.15, 0.2) is 0 Å². The highest BCUT2D eigenvalue weighted by Crippen LogP contribution is 2.16. The first-order chi connectivity index (χ1) is 7.81. The number of rotatable bonds is 5. The summed E-state index contributed by atoms with van der Waals surface area (Å²) in [6.07, 6.45) is 6.85. The Kier molecular flexibility index (Phi) is 3.29. The average Bonchev–Trinajstić information content (AvgIpc) is 2.96. The number of anilines is 1. The normalized spacial score (nSPS) is 12.6. The molecule has 0 aliphatic rings. The molecule has 2 N–H and O–H groups in total. The highest BCUT2D eigenvalue weighted by Gasteiger charge is 2.07. The molecule has 4 heteroatoms. The zero-order valence-electron chi connectivity index (χ0n) is 9.77. The Morgan fingerprint density at radius 2 is 2.38 bits per heavy atom. The van der Waals surface area contributed by atoms with Crippen LogP contribution in [0.15, 0.2) is 30.7 Å². The Morgan fingerprint density at radius 3 is 3.06 bits per heavy atom. The largest absolute Gasteiger partial charge is 0.367 e. The summed E-state index contributed by atoms with van der Waals surface area (Å²) in [7, 11) is 0. The maximum Gasteiger partial charge on any atom is 0.124 e. The van der Waals surface area contributed by atoms with E-state index < -0.39 is 0 Å². The molecule has 2 heterocycles. The lowest BCUT2D eigenvalue weighted by molar-refractivity contribution is 0.482. The molecule has 2 rings (SSSR count). The van der Waals surface area contributed by atoms with Gasteiger partial charge in [-0.3, -0.25) is 0 Å². The third-order valence-electron chi connectivity index (χ3n) is 2.81. The molecule has 0 aliphatic heterocycles. The molecule has 86 valence electrons. The molecule has 16 heavy (non-hydrogen) atoms. The lowest BCUT2D eigenvalue weighted by atomic mass is 10.3. The van der Waals surface area contributed by atoms with E-state index in [1.54, 1.807) is 0 Å². The third-order valence-corrected chi connectivity index (χ3v) is 2.81. The maximum atomic E-state index is 4.33. The van der Waals surface area contributed by atoms with E-state index in [1.807, 2.05) is 29.3 Å². The summed E-state index contributed by atoms with van der Waals surface area (Å²) in [6.45, 7) is 5.17. The van der Waals surface area contributed by atoms with Crippen LogP contribution in [-0.2, 0) is 6.54 Å². The molecule has 0 fully saturated rings. The maximum absolute atomic E-state index is 4.33. The molecule has 0 spiro atoms. The second-order valence-corrected chi connectivity index (χ2v) is 3.99. The molecule has 2 aromatic rings. The zero-order chi connectivity index (χ0) is 11.4. The molecule has 1 unspecified atom stereocenters. The van der Waals surface area contributed by atoms with Gasteiger partial charge in [-0.25, -0.2) is 4.68 Å².